The van der Waals surface area contributed by atoms with Gasteiger partial charge >= 0.3 is 0 Å². The van der Waals surface area contributed by atoms with Gasteiger partial charge in [-0.2, -0.15) is 0 Å². The van der Waals surface area contributed by atoms with Crippen LogP contribution in [0.2, 0.25) is 5.02 Å². The summed E-state index contributed by atoms with van der Waals surface area (Å²) in [7, 11) is -3.36. The van der Waals surface area contributed by atoms with Gasteiger partial charge in [-0.05, 0) is 36.4 Å². The van der Waals surface area contributed by atoms with E-state index < -0.39 is 15.7 Å². The number of nitrogens with one attached hydrogen (secondary N) is 1. The molecular weight excluding hydrogens is 378 g/mol. The van der Waals surface area contributed by atoms with Gasteiger partial charge in [0, 0.05) is 16.3 Å². The SMILES string of the molecule is CS(=O)(=O)c1cccc(C(=O)Nc2ccc(Br)cc2Cl)c1. The first-order valence-corrected chi connectivity index (χ1v) is 8.90. The van der Waals surface area contributed by atoms with Gasteiger partial charge in [-0.25, -0.2) is 8.42 Å². The largest absolute Gasteiger partial charge is 0.321 e. The summed E-state index contributed by atoms with van der Waals surface area (Å²) in [5.41, 5.74) is 0.700. The molecule has 4 nitrogen and oxygen atoms in total. The second kappa shape index (κ2) is 6.17. The summed E-state index contributed by atoms with van der Waals surface area (Å²) in [6.07, 6.45) is 1.09. The molecule has 2 aromatic rings. The third-order valence-electron chi connectivity index (χ3n) is 2.70. The van der Waals surface area contributed by atoms with E-state index in [1.807, 2.05) is 0 Å². The van der Waals surface area contributed by atoms with Gasteiger partial charge in [-0.15, -0.1) is 0 Å². The van der Waals surface area contributed by atoms with Crippen molar-refractivity contribution >= 4 is 49.0 Å². The maximum atomic E-state index is 12.2. The molecule has 0 spiro atoms. The Kier molecular flexibility index (Phi) is 4.70. The number of carbonyl (C=O) groups excluding carboxylic acids is 1. The highest BCUT2D eigenvalue weighted by Crippen LogP contribution is 2.26. The molecule has 0 saturated heterocycles. The maximum Gasteiger partial charge on any atom is 0.255 e. The van der Waals surface area contributed by atoms with Crippen LogP contribution in [-0.2, 0) is 9.84 Å². The third-order valence-corrected chi connectivity index (χ3v) is 4.62. The fourth-order valence-corrected chi connectivity index (χ4v) is 3.04. The van der Waals surface area contributed by atoms with Crippen molar-refractivity contribution in [3.63, 3.8) is 0 Å². The van der Waals surface area contributed by atoms with Gasteiger partial charge < -0.3 is 5.32 Å². The molecule has 0 bridgehead atoms. The summed E-state index contributed by atoms with van der Waals surface area (Å²) < 4.78 is 23.8. The monoisotopic (exact) mass is 387 g/mol. The van der Waals surface area contributed by atoms with E-state index in [-0.39, 0.29) is 10.5 Å². The summed E-state index contributed by atoms with van der Waals surface area (Å²) in [4.78, 5) is 12.2. The zero-order valence-electron chi connectivity index (χ0n) is 10.9. The quantitative estimate of drug-likeness (QED) is 0.871. The minimum Gasteiger partial charge on any atom is -0.321 e. The van der Waals surface area contributed by atoms with Crippen LogP contribution in [0.5, 0.6) is 0 Å². The number of sulfone groups is 1. The standard InChI is InChI=1S/C14H11BrClNO3S/c1-21(19,20)11-4-2-3-9(7-11)14(18)17-13-6-5-10(15)8-12(13)16/h2-8H,1H3,(H,17,18). The number of halogens is 2. The fourth-order valence-electron chi connectivity index (χ4n) is 1.65. The molecule has 0 fully saturated rings. The first kappa shape index (κ1) is 16.0. The number of hydrogen-bond acceptors (Lipinski definition) is 3. The minimum atomic E-state index is -3.36. The lowest BCUT2D eigenvalue weighted by Gasteiger charge is -2.08. The normalized spacial score (nSPS) is 11.2. The summed E-state index contributed by atoms with van der Waals surface area (Å²) in [5.74, 6) is -0.426. The first-order valence-electron chi connectivity index (χ1n) is 5.84. The Morgan fingerprint density at radius 1 is 1.19 bits per heavy atom. The molecule has 0 aliphatic heterocycles. The molecule has 0 aliphatic carbocycles. The molecule has 0 saturated carbocycles. The molecule has 0 aromatic heterocycles. The topological polar surface area (TPSA) is 63.2 Å². The molecule has 110 valence electrons. The highest BCUT2D eigenvalue weighted by Gasteiger charge is 2.13. The highest BCUT2D eigenvalue weighted by molar-refractivity contribution is 9.10. The summed E-state index contributed by atoms with van der Waals surface area (Å²) in [5, 5.41) is 3.03. The van der Waals surface area contributed by atoms with Crippen LogP contribution in [0.3, 0.4) is 0 Å². The van der Waals surface area contributed by atoms with E-state index in [9.17, 15) is 13.2 Å². The van der Waals surface area contributed by atoms with Gasteiger partial charge in [0.15, 0.2) is 9.84 Å². The lowest BCUT2D eigenvalue weighted by atomic mass is 10.2. The minimum absolute atomic E-state index is 0.0945. The van der Waals surface area contributed by atoms with Crippen molar-refractivity contribution in [3.8, 4) is 0 Å². The lowest BCUT2D eigenvalue weighted by Crippen LogP contribution is -2.13. The Morgan fingerprint density at radius 2 is 1.90 bits per heavy atom. The van der Waals surface area contributed by atoms with Crippen molar-refractivity contribution in [2.75, 3.05) is 11.6 Å². The molecular formula is C14H11BrClNO3S. The Morgan fingerprint density at radius 3 is 2.52 bits per heavy atom. The van der Waals surface area contributed by atoms with Gasteiger partial charge in [-0.1, -0.05) is 33.6 Å². The van der Waals surface area contributed by atoms with Gasteiger partial charge in [0.1, 0.15) is 0 Å². The Labute approximate surface area is 136 Å². The smallest absolute Gasteiger partial charge is 0.255 e. The third kappa shape index (κ3) is 4.06. The van der Waals surface area contributed by atoms with Gasteiger partial charge in [0.25, 0.3) is 5.91 Å². The van der Waals surface area contributed by atoms with Crippen molar-refractivity contribution in [1.29, 1.82) is 0 Å². The van der Waals surface area contributed by atoms with Crippen LogP contribution in [0.25, 0.3) is 0 Å². The predicted molar refractivity (Wildman–Crippen MR) is 86.7 cm³/mol. The Hall–Kier alpha value is -1.37. The van der Waals surface area contributed by atoms with E-state index in [1.165, 1.54) is 24.3 Å². The maximum absolute atomic E-state index is 12.2. The van der Waals surface area contributed by atoms with E-state index >= 15 is 0 Å². The van der Waals surface area contributed by atoms with Gasteiger partial charge in [0.05, 0.1) is 15.6 Å². The van der Waals surface area contributed by atoms with Crippen molar-refractivity contribution < 1.29 is 13.2 Å². The number of anilines is 1. The average Bonchev–Trinajstić information content (AvgIpc) is 2.41. The van der Waals surface area contributed by atoms with Crippen molar-refractivity contribution in [1.82, 2.24) is 0 Å². The highest BCUT2D eigenvalue weighted by atomic mass is 79.9. The summed E-state index contributed by atoms with van der Waals surface area (Å²) in [6.45, 7) is 0. The zero-order chi connectivity index (χ0) is 15.6. The number of carbonyl (C=O) groups is 1. The molecule has 1 N–H and O–H groups in total. The number of rotatable bonds is 3. The molecule has 0 unspecified atom stereocenters. The molecule has 7 heteroatoms. The molecule has 0 radical (unpaired) electrons. The molecule has 2 rings (SSSR count). The lowest BCUT2D eigenvalue weighted by molar-refractivity contribution is 0.102. The van der Waals surface area contributed by atoms with E-state index in [0.717, 1.165) is 10.7 Å². The van der Waals surface area contributed by atoms with E-state index in [4.69, 9.17) is 11.6 Å². The summed E-state index contributed by atoms with van der Waals surface area (Å²) >= 11 is 9.30. The first-order chi connectivity index (χ1) is 9.77. The molecule has 2 aromatic carbocycles. The predicted octanol–water partition coefficient (Wildman–Crippen LogP) is 3.76. The molecule has 0 heterocycles. The van der Waals surface area contributed by atoms with Crippen LogP contribution >= 0.6 is 27.5 Å². The molecule has 21 heavy (non-hydrogen) atoms. The van der Waals surface area contributed by atoms with Crippen molar-refractivity contribution in [3.05, 3.63) is 57.5 Å². The summed E-state index contributed by atoms with van der Waals surface area (Å²) in [6, 6.07) is 10.9. The fraction of sp³-hybridized carbons (Fsp3) is 0.0714. The molecule has 0 aliphatic rings. The van der Waals surface area contributed by atoms with Gasteiger partial charge in [0.2, 0.25) is 0 Å². The Bertz CT molecular complexity index is 806. The zero-order valence-corrected chi connectivity index (χ0v) is 14.1. The number of hydrogen-bond donors (Lipinski definition) is 1. The van der Waals surface area contributed by atoms with Crippen LogP contribution in [0, 0.1) is 0 Å². The van der Waals surface area contributed by atoms with Crippen LogP contribution in [0.15, 0.2) is 51.8 Å². The number of amides is 1. The van der Waals surface area contributed by atoms with Crippen molar-refractivity contribution in [2.45, 2.75) is 4.90 Å². The molecule has 0 atom stereocenters. The van der Waals surface area contributed by atoms with Crippen LogP contribution in [-0.4, -0.2) is 20.6 Å². The number of benzene rings is 2. The van der Waals surface area contributed by atoms with E-state index in [2.05, 4.69) is 21.2 Å². The second-order valence-corrected chi connectivity index (χ2v) is 7.72. The van der Waals surface area contributed by atoms with Crippen molar-refractivity contribution in [2.24, 2.45) is 0 Å². The van der Waals surface area contributed by atoms with Crippen LogP contribution in [0.1, 0.15) is 10.4 Å². The van der Waals surface area contributed by atoms with E-state index in [1.54, 1.807) is 18.2 Å². The van der Waals surface area contributed by atoms with Crippen LogP contribution < -0.4 is 5.32 Å². The second-order valence-electron chi connectivity index (χ2n) is 4.38. The van der Waals surface area contributed by atoms with Crippen LogP contribution in [0.4, 0.5) is 5.69 Å². The Balaban J connectivity index is 2.29. The molecule has 1 amide bonds. The average molecular weight is 389 g/mol. The van der Waals surface area contributed by atoms with E-state index in [0.29, 0.717) is 10.7 Å². The van der Waals surface area contributed by atoms with Gasteiger partial charge in [-0.3, -0.25) is 4.79 Å².